The number of nitrogens with two attached hydrogens (primary N) is 1. The number of nitrogens with one attached hydrogen (secondary N) is 1. The van der Waals surface area contributed by atoms with Crippen LogP contribution in [0.3, 0.4) is 0 Å². The molecule has 0 bridgehead atoms. The van der Waals surface area contributed by atoms with Crippen LogP contribution in [-0.4, -0.2) is 55.1 Å². The third-order valence-corrected chi connectivity index (χ3v) is 3.66. The van der Waals surface area contributed by atoms with Crippen molar-refractivity contribution in [1.29, 1.82) is 0 Å². The van der Waals surface area contributed by atoms with Crippen LogP contribution in [-0.2, 0) is 0 Å². The molecule has 3 rings (SSSR count). The Balaban J connectivity index is 1.76. The van der Waals surface area contributed by atoms with Crippen LogP contribution in [0, 0.1) is 0 Å². The van der Waals surface area contributed by atoms with Gasteiger partial charge in [-0.2, -0.15) is 15.0 Å². The van der Waals surface area contributed by atoms with Crippen LogP contribution in [0.25, 0.3) is 5.95 Å². The molecule has 0 aromatic carbocycles. The second-order valence-electron chi connectivity index (χ2n) is 5.16. The Morgan fingerprint density at radius 3 is 3.05 bits per heavy atom. The summed E-state index contributed by atoms with van der Waals surface area (Å²) in [6.07, 6.45) is 7.38. The molecule has 0 spiro atoms. The number of nitrogens with zero attached hydrogens (tertiary/aromatic N) is 6. The largest absolute Gasteiger partial charge is 0.368 e. The van der Waals surface area contributed by atoms with Gasteiger partial charge in [0.25, 0.3) is 0 Å². The van der Waals surface area contributed by atoms with Crippen molar-refractivity contribution in [3.63, 3.8) is 0 Å². The molecule has 1 aliphatic heterocycles. The van der Waals surface area contributed by atoms with Crippen LogP contribution in [0.1, 0.15) is 19.8 Å². The molecule has 0 radical (unpaired) electrons. The van der Waals surface area contributed by atoms with Gasteiger partial charge in [-0.1, -0.05) is 6.92 Å². The fourth-order valence-electron chi connectivity index (χ4n) is 2.58. The summed E-state index contributed by atoms with van der Waals surface area (Å²) in [6.45, 7) is 5.41. The van der Waals surface area contributed by atoms with E-state index in [2.05, 4.69) is 37.1 Å². The third kappa shape index (κ3) is 3.27. The normalized spacial score (nSPS) is 19.6. The summed E-state index contributed by atoms with van der Waals surface area (Å²) in [6, 6.07) is 0.344. The summed E-state index contributed by atoms with van der Waals surface area (Å²) in [5.41, 5.74) is 5.78. The molecule has 0 aliphatic carbocycles. The average molecular weight is 288 g/mol. The third-order valence-electron chi connectivity index (χ3n) is 3.66. The number of imidazole rings is 1. The summed E-state index contributed by atoms with van der Waals surface area (Å²) in [4.78, 5) is 19.1. The molecule has 0 saturated carbocycles. The quantitative estimate of drug-likeness (QED) is 0.847. The molecular weight excluding hydrogens is 268 g/mol. The molecule has 1 atom stereocenters. The fraction of sp³-hybridized carbons (Fsp3) is 0.538. The lowest BCUT2D eigenvalue weighted by Crippen LogP contribution is -2.42. The van der Waals surface area contributed by atoms with Gasteiger partial charge in [-0.05, 0) is 25.9 Å². The first-order valence-electron chi connectivity index (χ1n) is 7.23. The van der Waals surface area contributed by atoms with E-state index in [4.69, 9.17) is 5.73 Å². The van der Waals surface area contributed by atoms with Gasteiger partial charge < -0.3 is 16.0 Å². The van der Waals surface area contributed by atoms with Crippen molar-refractivity contribution in [3.8, 4) is 5.95 Å². The second kappa shape index (κ2) is 6.04. The number of likely N-dealkylation sites (tertiary alicyclic amines) is 1. The van der Waals surface area contributed by atoms with Gasteiger partial charge in [0.1, 0.15) is 6.33 Å². The Morgan fingerprint density at radius 2 is 2.29 bits per heavy atom. The van der Waals surface area contributed by atoms with Gasteiger partial charge in [0.15, 0.2) is 0 Å². The van der Waals surface area contributed by atoms with Crippen LogP contribution < -0.4 is 11.1 Å². The van der Waals surface area contributed by atoms with E-state index in [0.29, 0.717) is 17.9 Å². The topological polar surface area (TPSA) is 97.8 Å². The SMILES string of the molecule is CCN1CCCC(Nc2nc(N)nc(-n3ccnc3)n2)C1. The zero-order valence-electron chi connectivity index (χ0n) is 12.1. The molecular formula is C13H20N8. The van der Waals surface area contributed by atoms with E-state index in [-0.39, 0.29) is 5.95 Å². The number of aromatic nitrogens is 5. The van der Waals surface area contributed by atoms with Crippen LogP contribution >= 0.6 is 0 Å². The van der Waals surface area contributed by atoms with Crippen LogP contribution in [0.2, 0.25) is 0 Å². The number of hydrogen-bond donors (Lipinski definition) is 2. The lowest BCUT2D eigenvalue weighted by molar-refractivity contribution is 0.226. The van der Waals surface area contributed by atoms with E-state index in [1.54, 1.807) is 23.3 Å². The van der Waals surface area contributed by atoms with Gasteiger partial charge in [-0.25, -0.2) is 4.98 Å². The van der Waals surface area contributed by atoms with E-state index >= 15 is 0 Å². The zero-order chi connectivity index (χ0) is 14.7. The lowest BCUT2D eigenvalue weighted by atomic mass is 10.1. The van der Waals surface area contributed by atoms with Crippen molar-refractivity contribution in [2.75, 3.05) is 30.7 Å². The average Bonchev–Trinajstić information content (AvgIpc) is 3.01. The molecule has 2 aromatic rings. The van der Waals surface area contributed by atoms with Gasteiger partial charge in [-0.15, -0.1) is 0 Å². The monoisotopic (exact) mass is 288 g/mol. The van der Waals surface area contributed by atoms with Gasteiger partial charge in [-0.3, -0.25) is 4.57 Å². The molecule has 112 valence electrons. The maximum atomic E-state index is 5.78. The fourth-order valence-corrected chi connectivity index (χ4v) is 2.58. The zero-order valence-corrected chi connectivity index (χ0v) is 12.1. The highest BCUT2D eigenvalue weighted by molar-refractivity contribution is 5.36. The molecule has 1 fully saturated rings. The smallest absolute Gasteiger partial charge is 0.241 e. The van der Waals surface area contributed by atoms with E-state index in [0.717, 1.165) is 26.1 Å². The minimum atomic E-state index is 0.208. The van der Waals surface area contributed by atoms with Crippen molar-refractivity contribution in [2.24, 2.45) is 0 Å². The summed E-state index contributed by atoms with van der Waals surface area (Å²) < 4.78 is 1.71. The minimum Gasteiger partial charge on any atom is -0.368 e. The Morgan fingerprint density at radius 1 is 1.38 bits per heavy atom. The van der Waals surface area contributed by atoms with Crippen molar-refractivity contribution < 1.29 is 0 Å². The molecule has 21 heavy (non-hydrogen) atoms. The molecule has 3 heterocycles. The standard InChI is InChI=1S/C13H20N8/c1-2-20-6-3-4-10(8-20)16-12-17-11(14)18-13(19-12)21-7-5-15-9-21/h5,7,9-10H,2-4,6,8H2,1H3,(H3,14,16,17,18,19). The number of anilines is 2. The first-order valence-corrected chi connectivity index (χ1v) is 7.23. The second-order valence-corrected chi connectivity index (χ2v) is 5.16. The minimum absolute atomic E-state index is 0.208. The predicted octanol–water partition coefficient (Wildman–Crippen LogP) is 0.536. The Bertz CT molecular complexity index is 582. The van der Waals surface area contributed by atoms with Crippen molar-refractivity contribution in [3.05, 3.63) is 18.7 Å². The molecule has 3 N–H and O–H groups in total. The predicted molar refractivity (Wildman–Crippen MR) is 80.1 cm³/mol. The molecule has 8 heteroatoms. The lowest BCUT2D eigenvalue weighted by Gasteiger charge is -2.32. The first kappa shape index (κ1) is 13.7. The van der Waals surface area contributed by atoms with Gasteiger partial charge in [0.05, 0.1) is 0 Å². The summed E-state index contributed by atoms with van der Waals surface area (Å²) >= 11 is 0. The van der Waals surface area contributed by atoms with E-state index < -0.39 is 0 Å². The molecule has 1 aliphatic rings. The van der Waals surface area contributed by atoms with Crippen molar-refractivity contribution in [2.45, 2.75) is 25.8 Å². The molecule has 1 saturated heterocycles. The maximum Gasteiger partial charge on any atom is 0.241 e. The van der Waals surface area contributed by atoms with Crippen LogP contribution in [0.4, 0.5) is 11.9 Å². The van der Waals surface area contributed by atoms with Crippen LogP contribution in [0.15, 0.2) is 18.7 Å². The van der Waals surface area contributed by atoms with E-state index in [1.807, 2.05) is 0 Å². The number of nitrogen functional groups attached to an aromatic ring is 1. The summed E-state index contributed by atoms with van der Waals surface area (Å²) in [5.74, 6) is 1.21. The Kier molecular flexibility index (Phi) is 3.96. The maximum absolute atomic E-state index is 5.78. The van der Waals surface area contributed by atoms with E-state index in [1.165, 1.54) is 6.42 Å². The first-order chi connectivity index (χ1) is 10.2. The molecule has 1 unspecified atom stereocenters. The molecule has 2 aromatic heterocycles. The number of rotatable bonds is 4. The van der Waals surface area contributed by atoms with Gasteiger partial charge >= 0.3 is 0 Å². The van der Waals surface area contributed by atoms with Crippen molar-refractivity contribution >= 4 is 11.9 Å². The highest BCUT2D eigenvalue weighted by Gasteiger charge is 2.19. The van der Waals surface area contributed by atoms with E-state index in [9.17, 15) is 0 Å². The molecule has 0 amide bonds. The summed E-state index contributed by atoms with van der Waals surface area (Å²) in [7, 11) is 0. The Hall–Kier alpha value is -2.22. The summed E-state index contributed by atoms with van der Waals surface area (Å²) in [5, 5.41) is 3.37. The number of hydrogen-bond acceptors (Lipinski definition) is 7. The Labute approximate surface area is 123 Å². The molecule has 8 nitrogen and oxygen atoms in total. The highest BCUT2D eigenvalue weighted by Crippen LogP contribution is 2.14. The van der Waals surface area contributed by atoms with Gasteiger partial charge in [0.2, 0.25) is 17.8 Å². The van der Waals surface area contributed by atoms with Gasteiger partial charge in [0, 0.05) is 25.0 Å². The number of piperidine rings is 1. The van der Waals surface area contributed by atoms with Crippen LogP contribution in [0.5, 0.6) is 0 Å². The van der Waals surface area contributed by atoms with Crippen molar-refractivity contribution in [1.82, 2.24) is 29.4 Å². The number of likely N-dealkylation sites (N-methyl/N-ethyl adjacent to an activating group) is 1. The highest BCUT2D eigenvalue weighted by atomic mass is 15.3.